The van der Waals surface area contributed by atoms with Crippen LogP contribution in [0.4, 0.5) is 0 Å². The second-order valence-electron chi connectivity index (χ2n) is 1.91. The molecule has 0 amide bonds. The minimum absolute atomic E-state index is 1.05. The van der Waals surface area contributed by atoms with Crippen LogP contribution in [0.25, 0.3) is 0 Å². The first-order valence-electron chi connectivity index (χ1n) is 2.91. The van der Waals surface area contributed by atoms with Crippen LogP contribution in [0, 0.1) is 0 Å². The van der Waals surface area contributed by atoms with Crippen LogP contribution in [0.5, 0.6) is 0 Å². The van der Waals surface area contributed by atoms with E-state index in [1.165, 1.54) is 0 Å². The summed E-state index contributed by atoms with van der Waals surface area (Å²) in [4.78, 5) is 2.12. The highest BCUT2D eigenvalue weighted by Crippen LogP contribution is 1.91. The molecule has 0 aromatic heterocycles. The van der Waals surface area contributed by atoms with Crippen LogP contribution in [0.2, 0.25) is 0 Å². The molecule has 1 rings (SSSR count). The summed E-state index contributed by atoms with van der Waals surface area (Å²) in [5.41, 5.74) is 0. The first-order valence-corrected chi connectivity index (χ1v) is 5.63. The quantitative estimate of drug-likeness (QED) is 0.448. The van der Waals surface area contributed by atoms with Gasteiger partial charge in [0.25, 0.3) is 0 Å². The zero-order valence-electron chi connectivity index (χ0n) is 6.11. The summed E-state index contributed by atoms with van der Waals surface area (Å²) in [6.07, 6.45) is 8.27. The third-order valence-corrected chi connectivity index (χ3v) is 0.981. The Bertz CT molecular complexity index is 144. The maximum atomic E-state index is 8.68. The Kier molecular flexibility index (Phi) is 6.52. The van der Waals surface area contributed by atoms with E-state index in [1.807, 2.05) is 6.08 Å². The predicted octanol–water partition coefficient (Wildman–Crippen LogP) is -4.93. The van der Waals surface area contributed by atoms with Crippen LogP contribution in [-0.4, -0.2) is 21.9 Å². The monoisotopic (exact) mass is 271 g/mol. The minimum Gasteiger partial charge on any atom is -0.396 e. The molecule has 11 heavy (non-hydrogen) atoms. The molecule has 64 valence electrons. The summed E-state index contributed by atoms with van der Waals surface area (Å²) in [6, 6.07) is 0. The number of hydrogen-bond acceptors (Lipinski definition) is 4. The van der Waals surface area contributed by atoms with Gasteiger partial charge in [-0.25, -0.2) is 0 Å². The first kappa shape index (κ1) is 10.9. The van der Waals surface area contributed by atoms with Crippen LogP contribution in [-0.2, 0) is 0 Å². The van der Waals surface area contributed by atoms with Crippen molar-refractivity contribution >= 4 is 0 Å². The molecule has 1 heterocycles. The Hall–Kier alpha value is -0.110. The summed E-state index contributed by atoms with van der Waals surface area (Å²) in [6.45, 7) is 1.05. The fourth-order valence-corrected chi connectivity index (χ4v) is 0.563. The highest BCUT2D eigenvalue weighted by molar-refractivity contribution is 5.07. The van der Waals surface area contributed by atoms with Crippen LogP contribution in [0.15, 0.2) is 24.4 Å². The smallest absolute Gasteiger partial charge is 0.396 e. The van der Waals surface area contributed by atoms with Gasteiger partial charge in [-0.2, -0.15) is 0 Å². The van der Waals surface area contributed by atoms with Gasteiger partial charge in [-0.05, 0) is 15.7 Å². The zero-order valence-corrected chi connectivity index (χ0v) is 8.26. The number of allylic oxidation sites excluding steroid dienone is 2. The number of halogens is 1. The van der Waals surface area contributed by atoms with Crippen molar-refractivity contribution in [2.75, 3.05) is 13.6 Å². The lowest BCUT2D eigenvalue weighted by Crippen LogP contribution is -3.98. The average molecular weight is 271 g/mol. The molecule has 0 saturated heterocycles. The highest BCUT2D eigenvalue weighted by atomic mass is 127. The summed E-state index contributed by atoms with van der Waals surface area (Å²) >= 11 is -3.76. The lowest BCUT2D eigenvalue weighted by molar-refractivity contribution is -1.63. The Labute approximate surface area is 74.5 Å². The molecule has 0 aromatic carbocycles. The number of nitrogens with zero attached hydrogens (tertiary/aromatic N) is 1. The SMILES string of the molecule is CN1C=CC=CC1.[O-][I+2]([O-])O. The van der Waals surface area contributed by atoms with Crippen molar-refractivity contribution in [1.29, 1.82) is 0 Å². The normalized spacial score (nSPS) is 14.8. The van der Waals surface area contributed by atoms with E-state index in [0.717, 1.165) is 6.54 Å². The average Bonchev–Trinajstić information content (AvgIpc) is 1.87. The lowest BCUT2D eigenvalue weighted by atomic mass is 10.4. The minimum atomic E-state index is -3.76. The Morgan fingerprint density at radius 2 is 2.00 bits per heavy atom. The van der Waals surface area contributed by atoms with E-state index in [2.05, 4.69) is 30.3 Å². The van der Waals surface area contributed by atoms with Crippen molar-refractivity contribution in [2.45, 2.75) is 0 Å². The Morgan fingerprint density at radius 3 is 2.18 bits per heavy atom. The van der Waals surface area contributed by atoms with E-state index >= 15 is 0 Å². The molecule has 0 bridgehead atoms. The maximum absolute atomic E-state index is 8.68. The molecule has 0 atom stereocenters. The third kappa shape index (κ3) is 9.89. The van der Waals surface area contributed by atoms with Gasteiger partial charge in [-0.15, -0.1) is 0 Å². The number of hydrogen-bond donors (Lipinski definition) is 1. The standard InChI is InChI=1S/C6H9N.HIO3/c1-7-5-3-2-4-6-7;2-1(3)4/h2-5H,6H2,1H3;2H. The van der Waals surface area contributed by atoms with Crippen LogP contribution in [0.3, 0.4) is 0 Å². The van der Waals surface area contributed by atoms with Crippen molar-refractivity contribution in [3.8, 4) is 0 Å². The third-order valence-electron chi connectivity index (χ3n) is 0.981. The molecule has 4 nitrogen and oxygen atoms in total. The molecular formula is C6H10INO3. The largest absolute Gasteiger partial charge is 0.503 e. The van der Waals surface area contributed by atoms with Crippen LogP contribution in [0.1, 0.15) is 0 Å². The molecule has 0 radical (unpaired) electrons. The molecule has 0 saturated carbocycles. The van der Waals surface area contributed by atoms with Crippen molar-refractivity contribution < 1.29 is 31.4 Å². The van der Waals surface area contributed by atoms with Gasteiger partial charge in [0.2, 0.25) is 0 Å². The van der Waals surface area contributed by atoms with E-state index < -0.39 is 21.1 Å². The molecule has 0 unspecified atom stereocenters. The zero-order chi connectivity index (χ0) is 8.69. The molecule has 0 aliphatic carbocycles. The molecule has 0 spiro atoms. The van der Waals surface area contributed by atoms with Gasteiger partial charge in [-0.1, -0.05) is 12.2 Å². The van der Waals surface area contributed by atoms with Crippen LogP contribution < -0.4 is 27.9 Å². The first-order chi connectivity index (χ1) is 5.13. The highest BCUT2D eigenvalue weighted by Gasteiger charge is 1.90. The van der Waals surface area contributed by atoms with E-state index in [0.29, 0.717) is 0 Å². The molecule has 0 fully saturated rings. The van der Waals surface area contributed by atoms with Gasteiger partial charge in [0.1, 0.15) is 0 Å². The van der Waals surface area contributed by atoms with E-state index in [9.17, 15) is 0 Å². The van der Waals surface area contributed by atoms with Gasteiger partial charge in [0.05, 0.1) is 0 Å². The maximum Gasteiger partial charge on any atom is 0.503 e. The summed E-state index contributed by atoms with van der Waals surface area (Å²) in [5.74, 6) is 0. The molecule has 0 aromatic rings. The second kappa shape index (κ2) is 6.59. The van der Waals surface area contributed by atoms with E-state index in [4.69, 9.17) is 10.3 Å². The fraction of sp³-hybridized carbons (Fsp3) is 0.333. The molecule has 1 N–H and O–H groups in total. The molecule has 1 aliphatic rings. The van der Waals surface area contributed by atoms with Crippen molar-refractivity contribution in [1.82, 2.24) is 4.90 Å². The second-order valence-corrected chi connectivity index (χ2v) is 3.06. The summed E-state index contributed by atoms with van der Waals surface area (Å²) < 4.78 is 24.5. The number of likely N-dealkylation sites (N-methyl/N-ethyl adjacent to an activating group) is 1. The van der Waals surface area contributed by atoms with Gasteiger partial charge in [0.15, 0.2) is 0 Å². The predicted molar refractivity (Wildman–Crippen MR) is 33.1 cm³/mol. The van der Waals surface area contributed by atoms with Gasteiger partial charge in [-0.3, -0.25) is 0 Å². The van der Waals surface area contributed by atoms with E-state index in [-0.39, 0.29) is 0 Å². The van der Waals surface area contributed by atoms with E-state index in [1.54, 1.807) is 0 Å². The lowest BCUT2D eigenvalue weighted by Gasteiger charge is -2.11. The Balaban J connectivity index is 0.000000218. The number of rotatable bonds is 0. The van der Waals surface area contributed by atoms with Crippen molar-refractivity contribution in [2.24, 2.45) is 0 Å². The summed E-state index contributed by atoms with van der Waals surface area (Å²) in [5, 5.41) is 0. The summed E-state index contributed by atoms with van der Waals surface area (Å²) in [7, 11) is 2.06. The Morgan fingerprint density at radius 1 is 1.45 bits per heavy atom. The molecule has 1 aliphatic heterocycles. The van der Waals surface area contributed by atoms with Gasteiger partial charge < -0.3 is 11.8 Å². The van der Waals surface area contributed by atoms with Gasteiger partial charge >= 0.3 is 21.1 Å². The molecular weight excluding hydrogens is 261 g/mol. The molecule has 5 heteroatoms. The van der Waals surface area contributed by atoms with Crippen LogP contribution >= 0.6 is 0 Å². The topological polar surface area (TPSA) is 69.6 Å². The fourth-order valence-electron chi connectivity index (χ4n) is 0.563. The van der Waals surface area contributed by atoms with Gasteiger partial charge in [0, 0.05) is 13.6 Å². The van der Waals surface area contributed by atoms with Crippen molar-refractivity contribution in [3.63, 3.8) is 0 Å². The van der Waals surface area contributed by atoms with Crippen molar-refractivity contribution in [3.05, 3.63) is 24.4 Å².